The average Bonchev–Trinajstić information content (AvgIpc) is 3.20. The highest BCUT2D eigenvalue weighted by Gasteiger charge is 2.43. The van der Waals surface area contributed by atoms with E-state index in [2.05, 4.69) is 9.46 Å². The van der Waals surface area contributed by atoms with Crippen molar-refractivity contribution in [1.82, 2.24) is 14.2 Å². The first-order chi connectivity index (χ1) is 20.4. The van der Waals surface area contributed by atoms with Crippen molar-refractivity contribution in [2.45, 2.75) is 55.8 Å². The lowest BCUT2D eigenvalue weighted by molar-refractivity contribution is -0.274. The van der Waals surface area contributed by atoms with E-state index in [1.54, 1.807) is 57.2 Å². The normalized spacial score (nSPS) is 19.8. The van der Waals surface area contributed by atoms with Crippen LogP contribution in [0.4, 0.5) is 18.0 Å². The summed E-state index contributed by atoms with van der Waals surface area (Å²) in [5, 5.41) is 14.1. The van der Waals surface area contributed by atoms with Gasteiger partial charge in [-0.15, -0.1) is 13.2 Å². The van der Waals surface area contributed by atoms with Gasteiger partial charge in [-0.25, -0.2) is 17.9 Å². The molecule has 0 saturated carbocycles. The van der Waals surface area contributed by atoms with E-state index in [1.807, 2.05) is 4.57 Å². The zero-order valence-electron chi connectivity index (χ0n) is 23.6. The topological polar surface area (TPSA) is 110 Å². The number of carbonyl (C=O) groups is 1. The van der Waals surface area contributed by atoms with E-state index in [0.717, 1.165) is 35.0 Å². The van der Waals surface area contributed by atoms with E-state index in [9.17, 15) is 31.5 Å². The number of amides is 1. The molecule has 0 unspecified atom stereocenters. The molecule has 9 nitrogen and oxygen atoms in total. The van der Waals surface area contributed by atoms with E-state index in [0.29, 0.717) is 21.1 Å². The Kier molecular flexibility index (Phi) is 8.49. The monoisotopic (exact) mass is 673 g/mol. The Morgan fingerprint density at radius 3 is 1.98 bits per heavy atom. The lowest BCUT2D eigenvalue weighted by Crippen LogP contribution is -2.60. The second-order valence-electron chi connectivity index (χ2n) is 11.4. The summed E-state index contributed by atoms with van der Waals surface area (Å²) in [6.07, 6.45) is -7.05. The number of nitrogens with zero attached hydrogens (tertiary/aromatic N) is 2. The number of nitrogens with one attached hydrogen (secondary N) is 1. The first kappa shape index (κ1) is 32.2. The molecule has 0 radical (unpaired) electrons. The lowest BCUT2D eigenvalue weighted by Gasteiger charge is -2.42. The summed E-state index contributed by atoms with van der Waals surface area (Å²) in [4.78, 5) is 14.2. The third kappa shape index (κ3) is 6.86. The van der Waals surface area contributed by atoms with E-state index in [4.69, 9.17) is 27.9 Å². The molecule has 3 atom stereocenters. The van der Waals surface area contributed by atoms with Gasteiger partial charge >= 0.3 is 12.5 Å². The van der Waals surface area contributed by atoms with E-state index >= 15 is 0 Å². The summed E-state index contributed by atoms with van der Waals surface area (Å²) >= 11 is 12.6. The van der Waals surface area contributed by atoms with Gasteiger partial charge in [0.1, 0.15) is 11.4 Å². The number of aliphatic hydroxyl groups excluding tert-OH is 1. The van der Waals surface area contributed by atoms with Gasteiger partial charge in [-0.2, -0.15) is 0 Å². The van der Waals surface area contributed by atoms with Crippen molar-refractivity contribution >= 4 is 61.1 Å². The number of carbonyl (C=O) groups excluding carboxylic acids is 1. The molecule has 0 bridgehead atoms. The number of halogens is 5. The molecule has 1 aliphatic heterocycles. The number of likely N-dealkylation sites (tertiary alicyclic amines) is 1. The minimum Gasteiger partial charge on any atom is -0.444 e. The highest BCUT2D eigenvalue weighted by Crippen LogP contribution is 2.38. The first-order valence-corrected chi connectivity index (χ1v) is 15.6. The summed E-state index contributed by atoms with van der Waals surface area (Å²) in [7, 11) is -4.40. The number of fused-ring (bicyclic) bond motifs is 3. The number of aliphatic hydroxyl groups is 1. The minimum atomic E-state index is -4.95. The van der Waals surface area contributed by atoms with Crippen molar-refractivity contribution in [3.63, 3.8) is 0 Å². The van der Waals surface area contributed by atoms with Gasteiger partial charge in [-0.3, -0.25) is 0 Å². The lowest BCUT2D eigenvalue weighted by atomic mass is 9.97. The number of alkyl halides is 3. The van der Waals surface area contributed by atoms with Gasteiger partial charge in [0.15, 0.2) is 0 Å². The molecule has 1 aromatic heterocycles. The number of rotatable bonds is 5. The Bertz CT molecular complexity index is 1770. The van der Waals surface area contributed by atoms with Gasteiger partial charge in [0.05, 0.1) is 23.1 Å². The van der Waals surface area contributed by atoms with Crippen molar-refractivity contribution in [2.24, 2.45) is 0 Å². The summed E-state index contributed by atoms with van der Waals surface area (Å²) in [5.74, 6) is -0.600. The van der Waals surface area contributed by atoms with Crippen LogP contribution in [0.15, 0.2) is 65.6 Å². The molecule has 1 amide bonds. The molecule has 236 valence electrons. The van der Waals surface area contributed by atoms with Crippen LogP contribution in [0.1, 0.15) is 26.8 Å². The van der Waals surface area contributed by atoms with Crippen LogP contribution in [0.25, 0.3) is 21.8 Å². The first-order valence-electron chi connectivity index (χ1n) is 13.3. The zero-order chi connectivity index (χ0) is 32.2. The standard InChI is InChI=1S/C29H28Cl2F3N3O6S/c1-28(2,3)43-27(39)36-14-22(35-44(40,41)19-8-6-18(7-9-19)42-29(32,33)34)26(38)25(15-36)37-23-10-4-16(30)12-20(23)21-13-17(31)5-11-24(21)37/h4-13,22,25-26,35,38H,14-15H2,1-3H3/t22-,25-,26+/m1/s1. The Balaban J connectivity index is 1.56. The number of ether oxygens (including phenoxy) is 2. The fourth-order valence-electron chi connectivity index (χ4n) is 5.28. The number of benzene rings is 3. The van der Waals surface area contributed by atoms with Crippen molar-refractivity contribution in [3.8, 4) is 5.75 Å². The molecular formula is C29H28Cl2F3N3O6S. The fourth-order valence-corrected chi connectivity index (χ4v) is 6.87. The Morgan fingerprint density at radius 1 is 0.932 bits per heavy atom. The van der Waals surface area contributed by atoms with Crippen molar-refractivity contribution in [2.75, 3.05) is 13.1 Å². The zero-order valence-corrected chi connectivity index (χ0v) is 25.9. The van der Waals surface area contributed by atoms with Crippen LogP contribution in [0.5, 0.6) is 5.75 Å². The number of aromatic nitrogens is 1. The highest BCUT2D eigenvalue weighted by atomic mass is 35.5. The summed E-state index contributed by atoms with van der Waals surface area (Å²) in [6.45, 7) is 4.77. The fraction of sp³-hybridized carbons (Fsp3) is 0.345. The number of hydrogen-bond acceptors (Lipinski definition) is 6. The summed E-state index contributed by atoms with van der Waals surface area (Å²) in [6, 6.07) is 11.9. The molecule has 2 N–H and O–H groups in total. The number of sulfonamides is 1. The van der Waals surface area contributed by atoms with Gasteiger partial charge in [0.25, 0.3) is 0 Å². The van der Waals surface area contributed by atoms with Crippen molar-refractivity contribution < 1.29 is 41.0 Å². The second kappa shape index (κ2) is 11.6. The molecule has 2 heterocycles. The molecule has 3 aromatic carbocycles. The van der Waals surface area contributed by atoms with Crippen LogP contribution in [-0.2, 0) is 14.8 Å². The van der Waals surface area contributed by atoms with E-state index in [-0.39, 0.29) is 18.0 Å². The van der Waals surface area contributed by atoms with Crippen molar-refractivity contribution in [1.29, 1.82) is 0 Å². The maximum atomic E-state index is 13.4. The molecule has 1 aliphatic rings. The third-order valence-corrected chi connectivity index (χ3v) is 8.99. The smallest absolute Gasteiger partial charge is 0.444 e. The van der Waals surface area contributed by atoms with Gasteiger partial charge in [0, 0.05) is 44.9 Å². The predicted octanol–water partition coefficient (Wildman–Crippen LogP) is 6.50. The molecule has 5 rings (SSSR count). The van der Waals surface area contributed by atoms with Gasteiger partial charge in [-0.05, 0) is 81.4 Å². The van der Waals surface area contributed by atoms with Crippen LogP contribution >= 0.6 is 23.2 Å². The van der Waals surface area contributed by atoms with Crippen LogP contribution in [0.3, 0.4) is 0 Å². The predicted molar refractivity (Wildman–Crippen MR) is 160 cm³/mol. The molecule has 1 saturated heterocycles. The second-order valence-corrected chi connectivity index (χ2v) is 14.0. The average molecular weight is 675 g/mol. The summed E-state index contributed by atoms with van der Waals surface area (Å²) < 4.78 is 78.2. The van der Waals surface area contributed by atoms with Crippen molar-refractivity contribution in [3.05, 3.63) is 70.7 Å². The number of piperidine rings is 1. The maximum absolute atomic E-state index is 13.4. The molecule has 0 spiro atoms. The third-order valence-electron chi connectivity index (χ3n) is 7.01. The van der Waals surface area contributed by atoms with E-state index in [1.165, 1.54) is 4.90 Å². The van der Waals surface area contributed by atoms with Crippen LogP contribution in [0, 0.1) is 0 Å². The quantitative estimate of drug-likeness (QED) is 0.250. The maximum Gasteiger partial charge on any atom is 0.573 e. The minimum absolute atomic E-state index is 0.0398. The Morgan fingerprint density at radius 2 is 1.48 bits per heavy atom. The molecular weight excluding hydrogens is 646 g/mol. The van der Waals surface area contributed by atoms with Gasteiger partial charge in [0.2, 0.25) is 10.0 Å². The molecule has 0 aliphatic carbocycles. The van der Waals surface area contributed by atoms with Crippen LogP contribution in [-0.4, -0.2) is 66.3 Å². The molecule has 1 fully saturated rings. The summed E-state index contributed by atoms with van der Waals surface area (Å²) in [5.41, 5.74) is 0.449. The SMILES string of the molecule is CC(C)(C)OC(=O)N1C[C@@H](n2c3ccc(Cl)cc3c3cc(Cl)ccc32)[C@@H](O)[C@H](NS(=O)(=O)c2ccc(OC(F)(F)F)cc2)C1. The highest BCUT2D eigenvalue weighted by molar-refractivity contribution is 7.89. The Labute approximate surface area is 261 Å². The molecule has 44 heavy (non-hydrogen) atoms. The number of hydrogen-bond donors (Lipinski definition) is 2. The molecule has 4 aromatic rings. The van der Waals surface area contributed by atoms with E-state index < -0.39 is 52.0 Å². The van der Waals surface area contributed by atoms with Gasteiger partial charge < -0.3 is 24.0 Å². The Hall–Kier alpha value is -3.23. The largest absolute Gasteiger partial charge is 0.573 e. The van der Waals surface area contributed by atoms with Gasteiger partial charge in [-0.1, -0.05) is 23.2 Å². The molecule has 15 heteroatoms. The van der Waals surface area contributed by atoms with Crippen LogP contribution in [0.2, 0.25) is 10.0 Å². The van der Waals surface area contributed by atoms with Crippen LogP contribution < -0.4 is 9.46 Å².